The van der Waals surface area contributed by atoms with Crippen LogP contribution >= 0.6 is 11.6 Å². The number of benzene rings is 2. The highest BCUT2D eigenvalue weighted by atomic mass is 35.5. The molecular weight excluding hydrogens is 384 g/mol. The van der Waals surface area contributed by atoms with Gasteiger partial charge in [0.15, 0.2) is 0 Å². The summed E-state index contributed by atoms with van der Waals surface area (Å²) in [5, 5.41) is 3.24. The summed E-state index contributed by atoms with van der Waals surface area (Å²) >= 11 is 6.38. The van der Waals surface area contributed by atoms with Gasteiger partial charge in [-0.05, 0) is 48.7 Å². The standard InChI is InChI=1S/C20H23ClN2O3S/c1-15(24)22-16-10-12-17(13-11-16)27(25,26)23-14-6-2-3-9-20(23)18-7-4-5-8-19(18)21/h4-5,7-8,10-13,20H,2-3,6,9,14H2,1H3,(H,22,24)/t20-/m1/s1. The lowest BCUT2D eigenvalue weighted by atomic mass is 10.0. The fourth-order valence-corrected chi connectivity index (χ4v) is 5.41. The highest BCUT2D eigenvalue weighted by Gasteiger charge is 2.34. The zero-order valence-electron chi connectivity index (χ0n) is 15.2. The predicted molar refractivity (Wildman–Crippen MR) is 107 cm³/mol. The van der Waals surface area contributed by atoms with E-state index in [4.69, 9.17) is 11.6 Å². The number of halogens is 1. The van der Waals surface area contributed by atoms with E-state index < -0.39 is 10.0 Å². The topological polar surface area (TPSA) is 66.5 Å². The molecule has 1 fully saturated rings. The first-order chi connectivity index (χ1) is 12.9. The van der Waals surface area contributed by atoms with Gasteiger partial charge in [0, 0.05) is 24.2 Å². The summed E-state index contributed by atoms with van der Waals surface area (Å²) in [5.74, 6) is -0.197. The van der Waals surface area contributed by atoms with Crippen molar-refractivity contribution in [3.8, 4) is 0 Å². The number of anilines is 1. The molecule has 0 bridgehead atoms. The van der Waals surface area contributed by atoms with Crippen molar-refractivity contribution in [2.45, 2.75) is 43.5 Å². The van der Waals surface area contributed by atoms with Crippen molar-refractivity contribution in [2.75, 3.05) is 11.9 Å². The molecule has 1 aliphatic rings. The van der Waals surface area contributed by atoms with E-state index >= 15 is 0 Å². The van der Waals surface area contributed by atoms with E-state index in [9.17, 15) is 13.2 Å². The van der Waals surface area contributed by atoms with E-state index in [0.717, 1.165) is 31.2 Å². The number of carbonyl (C=O) groups is 1. The summed E-state index contributed by atoms with van der Waals surface area (Å²) in [6.07, 6.45) is 3.52. The van der Waals surface area contributed by atoms with Gasteiger partial charge in [-0.15, -0.1) is 0 Å². The molecule has 1 saturated heterocycles. The number of hydrogen-bond acceptors (Lipinski definition) is 3. The van der Waals surface area contributed by atoms with E-state index in [2.05, 4.69) is 5.32 Å². The first kappa shape index (κ1) is 19.9. The molecule has 2 aromatic rings. The number of carbonyl (C=O) groups excluding carboxylic acids is 1. The van der Waals surface area contributed by atoms with Gasteiger partial charge < -0.3 is 5.32 Å². The van der Waals surface area contributed by atoms with Gasteiger partial charge in [-0.25, -0.2) is 8.42 Å². The molecule has 0 unspecified atom stereocenters. The monoisotopic (exact) mass is 406 g/mol. The number of rotatable bonds is 4. The molecule has 0 spiro atoms. The van der Waals surface area contributed by atoms with Crippen LogP contribution in [0.15, 0.2) is 53.4 Å². The van der Waals surface area contributed by atoms with Crippen LogP contribution in [0.2, 0.25) is 5.02 Å². The number of hydrogen-bond donors (Lipinski definition) is 1. The quantitative estimate of drug-likeness (QED) is 0.806. The average Bonchev–Trinajstić information content (AvgIpc) is 2.88. The third kappa shape index (κ3) is 4.51. The molecule has 1 N–H and O–H groups in total. The van der Waals surface area contributed by atoms with Gasteiger partial charge in [0.25, 0.3) is 0 Å². The van der Waals surface area contributed by atoms with Crippen LogP contribution in [0.5, 0.6) is 0 Å². The maximum atomic E-state index is 13.4. The SMILES string of the molecule is CC(=O)Nc1ccc(S(=O)(=O)N2CCCCC[C@@H]2c2ccccc2Cl)cc1. The fraction of sp³-hybridized carbons (Fsp3) is 0.350. The Morgan fingerprint density at radius 1 is 1.07 bits per heavy atom. The van der Waals surface area contributed by atoms with Gasteiger partial charge in [0.05, 0.1) is 10.9 Å². The van der Waals surface area contributed by atoms with Crippen molar-refractivity contribution in [2.24, 2.45) is 0 Å². The Labute approximate surface area is 165 Å². The summed E-state index contributed by atoms with van der Waals surface area (Å²) in [7, 11) is -3.68. The number of nitrogens with zero attached hydrogens (tertiary/aromatic N) is 1. The van der Waals surface area contributed by atoms with Gasteiger partial charge in [-0.2, -0.15) is 4.31 Å². The van der Waals surface area contributed by atoms with Crippen LogP contribution in [0.1, 0.15) is 44.2 Å². The smallest absolute Gasteiger partial charge is 0.243 e. The van der Waals surface area contributed by atoms with E-state index in [1.54, 1.807) is 22.5 Å². The first-order valence-electron chi connectivity index (χ1n) is 9.03. The maximum Gasteiger partial charge on any atom is 0.243 e. The largest absolute Gasteiger partial charge is 0.326 e. The van der Waals surface area contributed by atoms with Crippen LogP contribution < -0.4 is 5.32 Å². The molecule has 2 aromatic carbocycles. The molecule has 0 saturated carbocycles. The molecule has 1 atom stereocenters. The van der Waals surface area contributed by atoms with Crippen molar-refractivity contribution < 1.29 is 13.2 Å². The van der Waals surface area contributed by atoms with E-state index in [-0.39, 0.29) is 16.8 Å². The Kier molecular flexibility index (Phi) is 6.19. The highest BCUT2D eigenvalue weighted by Crippen LogP contribution is 2.37. The van der Waals surface area contributed by atoms with Crippen LogP contribution in [0, 0.1) is 0 Å². The lowest BCUT2D eigenvalue weighted by molar-refractivity contribution is -0.114. The van der Waals surface area contributed by atoms with Crippen molar-refractivity contribution in [1.82, 2.24) is 4.31 Å². The van der Waals surface area contributed by atoms with Crippen molar-refractivity contribution >= 4 is 33.2 Å². The van der Waals surface area contributed by atoms with Gasteiger partial charge in [0.1, 0.15) is 0 Å². The highest BCUT2D eigenvalue weighted by molar-refractivity contribution is 7.89. The summed E-state index contributed by atoms with van der Waals surface area (Å²) < 4.78 is 28.3. The molecule has 3 rings (SSSR count). The van der Waals surface area contributed by atoms with Crippen LogP contribution in [-0.4, -0.2) is 25.2 Å². The Balaban J connectivity index is 1.96. The number of amides is 1. The van der Waals surface area contributed by atoms with Gasteiger partial charge in [-0.3, -0.25) is 4.79 Å². The summed E-state index contributed by atoms with van der Waals surface area (Å²) in [5.41, 5.74) is 1.42. The fourth-order valence-electron chi connectivity index (χ4n) is 3.47. The summed E-state index contributed by atoms with van der Waals surface area (Å²) in [6.45, 7) is 1.88. The Hall–Kier alpha value is -1.89. The molecule has 0 radical (unpaired) electrons. The third-order valence-electron chi connectivity index (χ3n) is 4.75. The first-order valence-corrected chi connectivity index (χ1v) is 10.9. The summed E-state index contributed by atoms with van der Waals surface area (Å²) in [6, 6.07) is 13.5. The van der Waals surface area contributed by atoms with Crippen LogP contribution in [0.4, 0.5) is 5.69 Å². The minimum absolute atomic E-state index is 0.197. The molecule has 5 nitrogen and oxygen atoms in total. The maximum absolute atomic E-state index is 13.4. The van der Waals surface area contributed by atoms with Crippen LogP contribution in [0.3, 0.4) is 0 Å². The Bertz CT molecular complexity index is 913. The van der Waals surface area contributed by atoms with Gasteiger partial charge in [0.2, 0.25) is 15.9 Å². The Morgan fingerprint density at radius 2 is 1.78 bits per heavy atom. The molecule has 1 amide bonds. The Morgan fingerprint density at radius 3 is 2.44 bits per heavy atom. The lowest BCUT2D eigenvalue weighted by Crippen LogP contribution is -2.35. The molecule has 1 aliphatic heterocycles. The second-order valence-corrected chi connectivity index (χ2v) is 9.01. The third-order valence-corrected chi connectivity index (χ3v) is 7.02. The zero-order valence-corrected chi connectivity index (χ0v) is 16.8. The minimum atomic E-state index is -3.68. The molecule has 1 heterocycles. The molecule has 0 aromatic heterocycles. The predicted octanol–water partition coefficient (Wildman–Crippen LogP) is 4.60. The molecule has 7 heteroatoms. The normalized spacial score (nSPS) is 18.7. The van der Waals surface area contributed by atoms with Crippen molar-refractivity contribution in [3.05, 3.63) is 59.1 Å². The van der Waals surface area contributed by atoms with E-state index in [0.29, 0.717) is 17.3 Å². The average molecular weight is 407 g/mol. The number of nitrogens with one attached hydrogen (secondary N) is 1. The molecule has 0 aliphatic carbocycles. The number of sulfonamides is 1. The van der Waals surface area contributed by atoms with E-state index in [1.165, 1.54) is 19.1 Å². The zero-order chi connectivity index (χ0) is 19.4. The molecular formula is C20H23ClN2O3S. The van der Waals surface area contributed by atoms with Crippen molar-refractivity contribution in [1.29, 1.82) is 0 Å². The molecule has 27 heavy (non-hydrogen) atoms. The molecule has 144 valence electrons. The van der Waals surface area contributed by atoms with Crippen LogP contribution in [-0.2, 0) is 14.8 Å². The minimum Gasteiger partial charge on any atom is -0.326 e. The van der Waals surface area contributed by atoms with E-state index in [1.807, 2.05) is 18.2 Å². The second-order valence-electron chi connectivity index (χ2n) is 6.71. The second kappa shape index (κ2) is 8.42. The lowest BCUT2D eigenvalue weighted by Gasteiger charge is -2.30. The van der Waals surface area contributed by atoms with Gasteiger partial charge in [-0.1, -0.05) is 42.6 Å². The van der Waals surface area contributed by atoms with Crippen LogP contribution in [0.25, 0.3) is 0 Å². The van der Waals surface area contributed by atoms with Gasteiger partial charge >= 0.3 is 0 Å². The summed E-state index contributed by atoms with van der Waals surface area (Å²) in [4.78, 5) is 11.4. The van der Waals surface area contributed by atoms with Crippen molar-refractivity contribution in [3.63, 3.8) is 0 Å².